The fourth-order valence-corrected chi connectivity index (χ4v) is 6.04. The molecule has 0 radical (unpaired) electrons. The zero-order valence-electron chi connectivity index (χ0n) is 19.1. The molecule has 0 unspecified atom stereocenters. The second-order valence-electron chi connectivity index (χ2n) is 7.86. The van der Waals surface area contributed by atoms with Crippen molar-refractivity contribution < 1.29 is 19.2 Å². The van der Waals surface area contributed by atoms with Gasteiger partial charge < -0.3 is 0 Å². The quantitative estimate of drug-likeness (QED) is 0.148. The molecule has 0 saturated heterocycles. The highest BCUT2D eigenvalue weighted by Crippen LogP contribution is 2.24. The summed E-state index contributed by atoms with van der Waals surface area (Å²) in [5.74, 6) is 0. The minimum atomic E-state index is -0.458. The van der Waals surface area contributed by atoms with Gasteiger partial charge in [-0.05, 0) is 53.6 Å². The molecule has 5 rings (SSSR count). The lowest BCUT2D eigenvalue weighted by molar-refractivity contribution is -0.506. The minimum Gasteiger partial charge on any atom is -0.258 e. The van der Waals surface area contributed by atoms with Gasteiger partial charge in [0.05, 0.1) is 20.1 Å². The molecule has 13 heteroatoms. The van der Waals surface area contributed by atoms with Crippen molar-refractivity contribution in [3.63, 3.8) is 0 Å². The van der Waals surface area contributed by atoms with Crippen LogP contribution in [0.25, 0.3) is 27.6 Å². The highest BCUT2D eigenvalue weighted by molar-refractivity contribution is 8.93. The third kappa shape index (κ3) is 5.34. The van der Waals surface area contributed by atoms with Crippen LogP contribution >= 0.6 is 39.7 Å². The lowest BCUT2D eigenvalue weighted by Gasteiger charge is -1.95. The van der Waals surface area contributed by atoms with E-state index in [1.807, 2.05) is 21.9 Å². The molecule has 5 aromatic rings. The first-order valence-electron chi connectivity index (χ1n) is 10.7. The van der Waals surface area contributed by atoms with E-state index in [-0.39, 0.29) is 34.0 Å². The standard InChI is InChI=1S/C25H15N4O6S2.BrH/c30-27(31)19-7-1-16(2-8-19)13-22-24(14-17-3-9-20(10-4-17)28(32)33)37-25-26(22)23(15-36-25)18-5-11-21(12-6-18)29(34)35;/h1-15H;1H/q+1;/b22-13+,24-14-;. The van der Waals surface area contributed by atoms with Gasteiger partial charge >= 0.3 is 4.14 Å². The summed E-state index contributed by atoms with van der Waals surface area (Å²) in [6.45, 7) is 0. The average Bonchev–Trinajstić information content (AvgIpc) is 3.44. The van der Waals surface area contributed by atoms with Crippen LogP contribution in [-0.4, -0.2) is 14.8 Å². The Bertz CT molecular complexity index is 1800. The summed E-state index contributed by atoms with van der Waals surface area (Å²) in [4.78, 5) is 31.8. The van der Waals surface area contributed by atoms with Gasteiger partial charge in [-0.1, -0.05) is 22.7 Å². The first-order valence-corrected chi connectivity index (χ1v) is 12.4. The minimum absolute atomic E-state index is 0. The Balaban J connectivity index is 0.00000336. The van der Waals surface area contributed by atoms with E-state index in [0.717, 1.165) is 36.4 Å². The van der Waals surface area contributed by atoms with Crippen molar-refractivity contribution >= 4 is 73.0 Å². The van der Waals surface area contributed by atoms with Gasteiger partial charge in [-0.25, -0.2) is 0 Å². The average molecular weight is 612 g/mol. The highest BCUT2D eigenvalue weighted by Gasteiger charge is 2.22. The molecular formula is C25H16BrN4O6S2+. The molecule has 2 aromatic heterocycles. The third-order valence-corrected chi connectivity index (χ3v) is 7.74. The number of non-ortho nitro benzene ring substituents is 3. The van der Waals surface area contributed by atoms with Gasteiger partial charge in [-0.2, -0.15) is 0 Å². The molecule has 0 atom stereocenters. The number of nitro benzene ring substituents is 3. The maximum atomic E-state index is 11.1. The summed E-state index contributed by atoms with van der Waals surface area (Å²) in [6.07, 6.45) is 3.83. The molecule has 0 spiro atoms. The van der Waals surface area contributed by atoms with E-state index in [9.17, 15) is 30.3 Å². The number of nitrogens with zero attached hydrogens (tertiary/aromatic N) is 4. The first kappa shape index (κ1) is 26.7. The Kier molecular flexibility index (Phi) is 7.71. The van der Waals surface area contributed by atoms with Crippen LogP contribution in [0.5, 0.6) is 0 Å². The van der Waals surface area contributed by atoms with Crippen LogP contribution in [0.1, 0.15) is 11.1 Å². The third-order valence-electron chi connectivity index (χ3n) is 5.57. The number of thiazole rings is 2. The maximum absolute atomic E-state index is 11.1. The molecule has 190 valence electrons. The number of aromatic nitrogens is 1. The fourth-order valence-electron chi connectivity index (χ4n) is 3.75. The van der Waals surface area contributed by atoms with E-state index in [0.29, 0.717) is 0 Å². The van der Waals surface area contributed by atoms with Crippen LogP contribution in [0.3, 0.4) is 0 Å². The van der Waals surface area contributed by atoms with Crippen molar-refractivity contribution in [2.24, 2.45) is 0 Å². The van der Waals surface area contributed by atoms with Crippen molar-refractivity contribution in [3.8, 4) is 11.3 Å². The van der Waals surface area contributed by atoms with Crippen molar-refractivity contribution in [2.75, 3.05) is 0 Å². The summed E-state index contributed by atoms with van der Waals surface area (Å²) in [5, 5.41) is 35.9. The Hall–Kier alpha value is -4.33. The molecule has 0 fully saturated rings. The van der Waals surface area contributed by atoms with Crippen LogP contribution in [0.4, 0.5) is 17.1 Å². The highest BCUT2D eigenvalue weighted by atomic mass is 79.9. The number of nitro groups is 3. The Morgan fingerprint density at radius 1 is 0.658 bits per heavy atom. The van der Waals surface area contributed by atoms with E-state index in [1.165, 1.54) is 59.1 Å². The lowest BCUT2D eigenvalue weighted by atomic mass is 10.1. The Morgan fingerprint density at radius 2 is 1.11 bits per heavy atom. The molecule has 0 aliphatic carbocycles. The smallest absolute Gasteiger partial charge is 0.258 e. The van der Waals surface area contributed by atoms with E-state index in [4.69, 9.17) is 0 Å². The van der Waals surface area contributed by atoms with Crippen LogP contribution in [0.15, 0.2) is 78.2 Å². The van der Waals surface area contributed by atoms with Gasteiger partial charge in [0.2, 0.25) is 11.0 Å². The Labute approximate surface area is 232 Å². The van der Waals surface area contributed by atoms with Crippen molar-refractivity contribution in [1.29, 1.82) is 0 Å². The second-order valence-corrected chi connectivity index (χ2v) is 10.0. The normalized spacial score (nSPS) is 11.9. The largest absolute Gasteiger partial charge is 0.326 e. The molecule has 0 aliphatic rings. The lowest BCUT2D eigenvalue weighted by Crippen LogP contribution is -2.44. The summed E-state index contributed by atoms with van der Waals surface area (Å²) in [6, 6.07) is 18.7. The van der Waals surface area contributed by atoms with Gasteiger partial charge in [-0.3, -0.25) is 30.3 Å². The summed E-state index contributed by atoms with van der Waals surface area (Å²) in [5.41, 5.74) is 3.13. The monoisotopic (exact) mass is 611 g/mol. The van der Waals surface area contributed by atoms with Crippen LogP contribution in [0.2, 0.25) is 0 Å². The predicted octanol–water partition coefficient (Wildman–Crippen LogP) is 5.18. The molecular weight excluding hydrogens is 596 g/mol. The van der Waals surface area contributed by atoms with Gasteiger partial charge in [0.15, 0.2) is 0 Å². The van der Waals surface area contributed by atoms with E-state index < -0.39 is 14.8 Å². The topological polar surface area (TPSA) is 134 Å². The molecule has 0 saturated carbocycles. The van der Waals surface area contributed by atoms with Crippen LogP contribution < -0.4 is 14.3 Å². The molecule has 38 heavy (non-hydrogen) atoms. The molecule has 0 amide bonds. The van der Waals surface area contributed by atoms with Crippen LogP contribution in [0, 0.1) is 30.3 Å². The first-order chi connectivity index (χ1) is 17.8. The van der Waals surface area contributed by atoms with Crippen molar-refractivity contribution in [2.45, 2.75) is 0 Å². The van der Waals surface area contributed by atoms with E-state index >= 15 is 0 Å². The van der Waals surface area contributed by atoms with E-state index in [1.54, 1.807) is 36.4 Å². The summed E-state index contributed by atoms with van der Waals surface area (Å²) >= 11 is 3.04. The second kappa shape index (κ2) is 11.0. The van der Waals surface area contributed by atoms with E-state index in [2.05, 4.69) is 0 Å². The van der Waals surface area contributed by atoms with Gasteiger partial charge in [0.25, 0.3) is 17.1 Å². The number of fused-ring (bicyclic) bond motifs is 1. The fraction of sp³-hybridized carbons (Fsp3) is 0. The molecule has 0 N–H and O–H groups in total. The SMILES string of the molecule is Br.O=[N+]([O-])c1ccc(/C=c2\sc3scc(-c4ccc([N+](=O)[O-])cc4)[n+]3\c2=C\c2ccc([N+](=O)[O-])cc2)cc1. The number of benzene rings is 3. The molecule has 2 heterocycles. The zero-order valence-corrected chi connectivity index (χ0v) is 22.5. The predicted molar refractivity (Wildman–Crippen MR) is 150 cm³/mol. The molecule has 3 aromatic carbocycles. The Morgan fingerprint density at radius 3 is 1.58 bits per heavy atom. The number of hydrogen-bond acceptors (Lipinski definition) is 8. The maximum Gasteiger partial charge on any atom is 0.326 e. The van der Waals surface area contributed by atoms with Gasteiger partial charge in [-0.15, -0.1) is 21.4 Å². The number of hydrogen-bond donors (Lipinski definition) is 0. The van der Waals surface area contributed by atoms with Gasteiger partial charge in [0.1, 0.15) is 4.53 Å². The van der Waals surface area contributed by atoms with Gasteiger partial charge in [0, 0.05) is 48.0 Å². The van der Waals surface area contributed by atoms with Crippen molar-refractivity contribution in [1.82, 2.24) is 0 Å². The zero-order chi connectivity index (χ0) is 26.1. The molecule has 0 bridgehead atoms. The summed E-state index contributed by atoms with van der Waals surface area (Å²) < 4.78 is 3.87. The number of halogens is 1. The summed E-state index contributed by atoms with van der Waals surface area (Å²) in [7, 11) is 0. The molecule has 0 aliphatic heterocycles. The molecule has 10 nitrogen and oxygen atoms in total. The van der Waals surface area contributed by atoms with Crippen molar-refractivity contribution in [3.05, 3.63) is 130 Å². The van der Waals surface area contributed by atoms with Crippen LogP contribution in [-0.2, 0) is 0 Å². The number of rotatable bonds is 6.